The second-order valence-corrected chi connectivity index (χ2v) is 7.63. The molecular weight excluding hydrogens is 338 g/mol. The summed E-state index contributed by atoms with van der Waals surface area (Å²) in [6, 6.07) is 8.12. The van der Waals surface area contributed by atoms with E-state index in [0.717, 1.165) is 36.8 Å². The lowest BCUT2D eigenvalue weighted by molar-refractivity contribution is 0.103. The zero-order chi connectivity index (χ0) is 19.0. The van der Waals surface area contributed by atoms with Gasteiger partial charge in [-0.25, -0.2) is 0 Å². The number of aromatic nitrogens is 1. The molecule has 3 heterocycles. The number of hydrogen-bond donors (Lipinski definition) is 1. The Hall–Kier alpha value is -2.53. The summed E-state index contributed by atoms with van der Waals surface area (Å²) in [7, 11) is 0. The molecule has 1 saturated heterocycles. The summed E-state index contributed by atoms with van der Waals surface area (Å²) in [6.07, 6.45) is 8.50. The number of nitrogens with zero attached hydrogens (tertiary/aromatic N) is 2. The third kappa shape index (κ3) is 3.28. The molecule has 142 valence electrons. The molecule has 4 rings (SSSR count). The average Bonchev–Trinajstić information content (AvgIpc) is 3.35. The highest BCUT2D eigenvalue weighted by Crippen LogP contribution is 2.35. The lowest BCUT2D eigenvalue weighted by Crippen LogP contribution is -2.39. The topological polar surface area (TPSA) is 64.4 Å². The zero-order valence-electron chi connectivity index (χ0n) is 16.0. The van der Waals surface area contributed by atoms with Crippen LogP contribution in [0.4, 0.5) is 0 Å². The minimum absolute atomic E-state index is 0.0204. The first kappa shape index (κ1) is 17.9. The molecule has 5 heteroatoms. The minimum atomic E-state index is -0.0204. The number of hydrogen-bond acceptors (Lipinski definition) is 4. The molecular formula is C22H27N3O2. The predicted molar refractivity (Wildman–Crippen MR) is 108 cm³/mol. The van der Waals surface area contributed by atoms with Crippen LogP contribution in [0.2, 0.25) is 0 Å². The van der Waals surface area contributed by atoms with Gasteiger partial charge in [0.2, 0.25) is 0 Å². The summed E-state index contributed by atoms with van der Waals surface area (Å²) < 4.78 is 6.75. The van der Waals surface area contributed by atoms with Gasteiger partial charge in [0, 0.05) is 23.2 Å². The third-order valence-electron chi connectivity index (χ3n) is 6.09. The molecule has 1 fully saturated rings. The number of nitrogen functional groups attached to an aromatic ring is 1. The third-order valence-corrected chi connectivity index (χ3v) is 6.09. The Kier molecular flexibility index (Phi) is 4.79. The van der Waals surface area contributed by atoms with E-state index < -0.39 is 0 Å². The van der Waals surface area contributed by atoms with E-state index in [1.807, 2.05) is 24.4 Å². The van der Waals surface area contributed by atoms with Crippen molar-refractivity contribution in [3.8, 4) is 0 Å². The maximum atomic E-state index is 12.7. The number of carbonyl (C=O) groups is 1. The van der Waals surface area contributed by atoms with E-state index in [9.17, 15) is 4.79 Å². The molecule has 5 nitrogen and oxygen atoms in total. The number of piperidine rings is 1. The molecule has 1 aliphatic rings. The normalized spacial score (nSPS) is 17.4. The van der Waals surface area contributed by atoms with Crippen molar-refractivity contribution < 1.29 is 9.21 Å². The first-order chi connectivity index (χ1) is 13.1. The quantitative estimate of drug-likeness (QED) is 0.545. The monoisotopic (exact) mass is 365 g/mol. The number of carbonyl (C=O) groups excluding carboxylic acids is 1. The summed E-state index contributed by atoms with van der Waals surface area (Å²) in [6.45, 7) is 6.78. The van der Waals surface area contributed by atoms with Crippen LogP contribution < -0.4 is 5.84 Å². The number of benzene rings is 1. The Morgan fingerprint density at radius 2 is 2.04 bits per heavy atom. The molecule has 0 saturated carbocycles. The van der Waals surface area contributed by atoms with Gasteiger partial charge in [-0.05, 0) is 75.0 Å². The van der Waals surface area contributed by atoms with Crippen molar-refractivity contribution in [1.82, 2.24) is 9.58 Å². The fraction of sp³-hybridized carbons (Fsp3) is 0.409. The number of ketones is 1. The van der Waals surface area contributed by atoms with Crippen LogP contribution in [0, 0.1) is 0 Å². The molecule has 27 heavy (non-hydrogen) atoms. The summed E-state index contributed by atoms with van der Waals surface area (Å²) in [5.74, 6) is 6.67. The molecule has 3 aromatic rings. The summed E-state index contributed by atoms with van der Waals surface area (Å²) in [5, 5.41) is 1.09. The predicted octanol–water partition coefficient (Wildman–Crippen LogP) is 4.16. The molecule has 2 N–H and O–H groups in total. The highest BCUT2D eigenvalue weighted by atomic mass is 16.3. The first-order valence-corrected chi connectivity index (χ1v) is 9.79. The molecule has 1 atom stereocenters. The molecule has 0 spiro atoms. The van der Waals surface area contributed by atoms with E-state index in [4.69, 9.17) is 10.3 Å². The molecule has 0 amide bonds. The van der Waals surface area contributed by atoms with Crippen LogP contribution in [0.15, 0.2) is 47.4 Å². The number of likely N-dealkylation sites (tertiary alicyclic amines) is 1. The van der Waals surface area contributed by atoms with Crippen LogP contribution in [-0.4, -0.2) is 34.5 Å². The second kappa shape index (κ2) is 7.24. The SMILES string of the molecule is CCC(C)N1CCC(c2cn(N)c3ccc(C(=O)c4ccoc4)cc23)CC1. The average molecular weight is 365 g/mol. The number of fused-ring (bicyclic) bond motifs is 1. The van der Waals surface area contributed by atoms with Gasteiger partial charge in [-0.3, -0.25) is 9.47 Å². The zero-order valence-corrected chi connectivity index (χ0v) is 16.0. The maximum Gasteiger partial charge on any atom is 0.196 e. The molecule has 0 radical (unpaired) electrons. The fourth-order valence-corrected chi connectivity index (χ4v) is 4.22. The van der Waals surface area contributed by atoms with E-state index in [2.05, 4.69) is 18.7 Å². The van der Waals surface area contributed by atoms with E-state index in [1.54, 1.807) is 10.7 Å². The molecule has 2 aromatic heterocycles. The van der Waals surface area contributed by atoms with E-state index in [-0.39, 0.29) is 5.78 Å². The Labute approximate surface area is 159 Å². The van der Waals surface area contributed by atoms with Gasteiger partial charge in [-0.1, -0.05) is 6.92 Å². The fourth-order valence-electron chi connectivity index (χ4n) is 4.22. The van der Waals surface area contributed by atoms with Crippen molar-refractivity contribution in [3.63, 3.8) is 0 Å². The van der Waals surface area contributed by atoms with Gasteiger partial charge in [0.25, 0.3) is 0 Å². The maximum absolute atomic E-state index is 12.7. The largest absolute Gasteiger partial charge is 0.472 e. The van der Waals surface area contributed by atoms with Crippen molar-refractivity contribution in [2.75, 3.05) is 18.9 Å². The molecule has 1 aromatic carbocycles. The second-order valence-electron chi connectivity index (χ2n) is 7.63. The Balaban J connectivity index is 1.64. The Bertz CT molecular complexity index is 934. The smallest absolute Gasteiger partial charge is 0.196 e. The van der Waals surface area contributed by atoms with Gasteiger partial charge in [0.15, 0.2) is 5.78 Å². The van der Waals surface area contributed by atoms with E-state index in [1.165, 1.54) is 24.5 Å². The molecule has 1 unspecified atom stereocenters. The van der Waals surface area contributed by atoms with Crippen LogP contribution in [0.1, 0.15) is 60.5 Å². The molecule has 0 bridgehead atoms. The first-order valence-electron chi connectivity index (χ1n) is 9.79. The Morgan fingerprint density at radius 3 is 2.70 bits per heavy atom. The van der Waals surface area contributed by atoms with E-state index in [0.29, 0.717) is 23.1 Å². The minimum Gasteiger partial charge on any atom is -0.472 e. The van der Waals surface area contributed by atoms with Gasteiger partial charge < -0.3 is 15.2 Å². The number of rotatable bonds is 5. The van der Waals surface area contributed by atoms with Crippen molar-refractivity contribution in [1.29, 1.82) is 0 Å². The molecule has 1 aliphatic heterocycles. The van der Waals surface area contributed by atoms with Gasteiger partial charge in [-0.15, -0.1) is 0 Å². The lowest BCUT2D eigenvalue weighted by atomic mass is 9.88. The summed E-state index contributed by atoms with van der Waals surface area (Å²) >= 11 is 0. The summed E-state index contributed by atoms with van der Waals surface area (Å²) in [5.41, 5.74) is 3.48. The van der Waals surface area contributed by atoms with Gasteiger partial charge in [0.05, 0.1) is 17.3 Å². The van der Waals surface area contributed by atoms with Gasteiger partial charge in [-0.2, -0.15) is 0 Å². The van der Waals surface area contributed by atoms with E-state index >= 15 is 0 Å². The van der Waals surface area contributed by atoms with Crippen LogP contribution in [0.25, 0.3) is 10.9 Å². The van der Waals surface area contributed by atoms with Crippen molar-refractivity contribution in [2.24, 2.45) is 0 Å². The van der Waals surface area contributed by atoms with Crippen LogP contribution in [0.5, 0.6) is 0 Å². The van der Waals surface area contributed by atoms with Crippen LogP contribution in [0.3, 0.4) is 0 Å². The van der Waals surface area contributed by atoms with Crippen LogP contribution in [-0.2, 0) is 0 Å². The highest BCUT2D eigenvalue weighted by molar-refractivity contribution is 6.10. The van der Waals surface area contributed by atoms with Crippen molar-refractivity contribution in [2.45, 2.75) is 45.1 Å². The van der Waals surface area contributed by atoms with Crippen LogP contribution >= 0.6 is 0 Å². The van der Waals surface area contributed by atoms with Crippen molar-refractivity contribution >= 4 is 16.7 Å². The van der Waals surface area contributed by atoms with Crippen molar-refractivity contribution in [3.05, 3.63) is 59.7 Å². The standard InChI is InChI=1S/C22H27N3O2/c1-3-15(2)24-9-6-16(7-10-24)20-13-25(23)21-5-4-17(12-19(20)21)22(26)18-8-11-27-14-18/h4-5,8,11-16H,3,6-7,9-10,23H2,1-2H3. The van der Waals surface area contributed by atoms with Gasteiger partial charge >= 0.3 is 0 Å². The number of nitrogens with two attached hydrogens (primary N) is 1. The summed E-state index contributed by atoms with van der Waals surface area (Å²) in [4.78, 5) is 15.3. The molecule has 0 aliphatic carbocycles. The highest BCUT2D eigenvalue weighted by Gasteiger charge is 2.26. The lowest BCUT2D eigenvalue weighted by Gasteiger charge is -2.35. The Morgan fingerprint density at radius 1 is 1.26 bits per heavy atom. The van der Waals surface area contributed by atoms with Gasteiger partial charge in [0.1, 0.15) is 6.26 Å². The number of furan rings is 1.